The third kappa shape index (κ3) is 4.45. The number of carbonyl (C=O) groups excluding carboxylic acids is 4. The molecule has 1 saturated heterocycles. The molecular weight excluding hydrogens is 540 g/mol. The highest BCUT2D eigenvalue weighted by atomic mass is 16.6. The SMILES string of the molecule is COC(=O)[C@H](O)[C@H]1C(C)(C)[C@H](C(=O)OCC(C)(C)C)[C@@H]2CC3=C4CC(=O)O[C@@H](c5ccoc5)[C@]4(C)CC[C@@H]3[C@@]1(C)C2=O. The van der Waals surface area contributed by atoms with Crippen LogP contribution in [0.4, 0.5) is 0 Å². The molecule has 0 amide bonds. The molecule has 230 valence electrons. The molecule has 3 aliphatic carbocycles. The van der Waals surface area contributed by atoms with Gasteiger partial charge in [0.1, 0.15) is 11.9 Å². The molecule has 1 aliphatic heterocycles. The van der Waals surface area contributed by atoms with Crippen molar-refractivity contribution < 1.29 is 42.9 Å². The van der Waals surface area contributed by atoms with Crippen LogP contribution in [0.3, 0.4) is 0 Å². The smallest absolute Gasteiger partial charge is 0.335 e. The van der Waals surface area contributed by atoms with Gasteiger partial charge < -0.3 is 23.7 Å². The van der Waals surface area contributed by atoms with Gasteiger partial charge in [-0.1, -0.05) is 54.0 Å². The Kier molecular flexibility index (Phi) is 7.31. The largest absolute Gasteiger partial charge is 0.472 e. The van der Waals surface area contributed by atoms with Crippen molar-refractivity contribution in [3.8, 4) is 0 Å². The third-order valence-corrected chi connectivity index (χ3v) is 10.8. The van der Waals surface area contributed by atoms with Gasteiger partial charge >= 0.3 is 17.9 Å². The van der Waals surface area contributed by atoms with E-state index >= 15 is 0 Å². The first-order chi connectivity index (χ1) is 19.5. The van der Waals surface area contributed by atoms with Crippen molar-refractivity contribution in [2.24, 2.45) is 45.3 Å². The van der Waals surface area contributed by atoms with Gasteiger partial charge in [0.15, 0.2) is 6.10 Å². The summed E-state index contributed by atoms with van der Waals surface area (Å²) < 4.78 is 22.0. The number of carbonyl (C=O) groups is 4. The molecule has 2 heterocycles. The van der Waals surface area contributed by atoms with Gasteiger partial charge in [-0.25, -0.2) is 4.79 Å². The highest BCUT2D eigenvalue weighted by molar-refractivity contribution is 5.96. The predicted molar refractivity (Wildman–Crippen MR) is 150 cm³/mol. The van der Waals surface area contributed by atoms with Gasteiger partial charge in [-0.15, -0.1) is 0 Å². The molecule has 5 rings (SSSR count). The fraction of sp³-hybridized carbons (Fsp3) is 0.697. The summed E-state index contributed by atoms with van der Waals surface area (Å²) in [5.41, 5.74) is -0.345. The fourth-order valence-corrected chi connectivity index (χ4v) is 9.05. The molecule has 8 atom stereocenters. The number of furan rings is 1. The van der Waals surface area contributed by atoms with Crippen LogP contribution in [0.25, 0.3) is 0 Å². The lowest BCUT2D eigenvalue weighted by atomic mass is 9.38. The Bertz CT molecular complexity index is 1320. The van der Waals surface area contributed by atoms with E-state index in [2.05, 4.69) is 6.92 Å². The number of ketones is 1. The number of ether oxygens (including phenoxy) is 3. The van der Waals surface area contributed by atoms with E-state index < -0.39 is 58.1 Å². The number of hydrogen-bond acceptors (Lipinski definition) is 9. The quantitative estimate of drug-likeness (QED) is 0.290. The first-order valence-corrected chi connectivity index (χ1v) is 14.9. The molecule has 2 saturated carbocycles. The number of Topliss-reactive ketones (excluding diaryl/α,β-unsaturated/α-hetero) is 1. The minimum absolute atomic E-state index is 0.0838. The normalized spacial score (nSPS) is 36.4. The second-order valence-electron chi connectivity index (χ2n) is 15.0. The molecule has 0 aromatic carbocycles. The number of esters is 3. The summed E-state index contributed by atoms with van der Waals surface area (Å²) in [4.78, 5) is 54.5. The maximum atomic E-state index is 14.6. The van der Waals surface area contributed by atoms with Gasteiger partial charge in [0.25, 0.3) is 0 Å². The summed E-state index contributed by atoms with van der Waals surface area (Å²) >= 11 is 0. The number of rotatable bonds is 5. The van der Waals surface area contributed by atoms with Crippen LogP contribution in [0.5, 0.6) is 0 Å². The maximum Gasteiger partial charge on any atom is 0.335 e. The zero-order valence-corrected chi connectivity index (χ0v) is 25.9. The molecule has 0 unspecified atom stereocenters. The van der Waals surface area contributed by atoms with Crippen LogP contribution in [0.2, 0.25) is 0 Å². The lowest BCUT2D eigenvalue weighted by Crippen LogP contribution is -2.68. The van der Waals surface area contributed by atoms with Crippen molar-refractivity contribution in [3.05, 3.63) is 35.3 Å². The summed E-state index contributed by atoms with van der Waals surface area (Å²) in [6.07, 6.45) is 2.59. The molecule has 1 N–H and O–H groups in total. The van der Waals surface area contributed by atoms with E-state index in [1.165, 1.54) is 7.11 Å². The molecule has 1 aromatic heterocycles. The van der Waals surface area contributed by atoms with Crippen molar-refractivity contribution in [3.63, 3.8) is 0 Å². The number of cyclic esters (lactones) is 1. The Hall–Kier alpha value is -2.94. The van der Waals surface area contributed by atoms with Crippen molar-refractivity contribution in [2.45, 2.75) is 86.4 Å². The van der Waals surface area contributed by atoms with Gasteiger partial charge in [-0.2, -0.15) is 0 Å². The molecule has 9 nitrogen and oxygen atoms in total. The molecule has 0 radical (unpaired) electrons. The summed E-state index contributed by atoms with van der Waals surface area (Å²) in [5, 5.41) is 11.5. The summed E-state index contributed by atoms with van der Waals surface area (Å²) in [6, 6.07) is 1.80. The third-order valence-electron chi connectivity index (χ3n) is 10.8. The second kappa shape index (κ2) is 10.1. The molecule has 3 fully saturated rings. The van der Waals surface area contributed by atoms with E-state index in [9.17, 15) is 24.3 Å². The van der Waals surface area contributed by atoms with E-state index in [4.69, 9.17) is 18.6 Å². The van der Waals surface area contributed by atoms with Crippen LogP contribution >= 0.6 is 0 Å². The van der Waals surface area contributed by atoms with E-state index in [1.54, 1.807) is 18.6 Å². The maximum absolute atomic E-state index is 14.6. The number of allylic oxidation sites excluding steroid dienone is 1. The number of fused-ring (bicyclic) bond motifs is 5. The van der Waals surface area contributed by atoms with Crippen LogP contribution < -0.4 is 0 Å². The highest BCUT2D eigenvalue weighted by Crippen LogP contribution is 2.69. The zero-order chi connectivity index (χ0) is 31.0. The van der Waals surface area contributed by atoms with Crippen LogP contribution in [0, 0.1) is 45.3 Å². The summed E-state index contributed by atoms with van der Waals surface area (Å²) in [7, 11) is 1.20. The highest BCUT2D eigenvalue weighted by Gasteiger charge is 2.71. The zero-order valence-electron chi connectivity index (χ0n) is 25.9. The summed E-state index contributed by atoms with van der Waals surface area (Å²) in [5.74, 6) is -4.76. The standard InChI is InChI=1S/C33H44O9/c1-30(2,3)16-41-28(37)23-19-13-18-20(33(7,26(19)36)25(31(23,4)5)24(35)29(38)39-8)9-11-32(6)21(18)14-22(34)42-27(32)17-10-12-40-15-17/h10,12,15,19-20,23-25,27,35H,9,11,13-14,16H2,1-8H3/t19-,20-,23-,24+,25-,27-,32+,33+/m0/s1. The molecule has 9 heteroatoms. The Morgan fingerprint density at radius 2 is 1.86 bits per heavy atom. The summed E-state index contributed by atoms with van der Waals surface area (Å²) in [6.45, 7) is 13.6. The number of aliphatic hydroxyl groups is 1. The topological polar surface area (TPSA) is 129 Å². The molecule has 2 bridgehead atoms. The molecule has 0 spiro atoms. The van der Waals surface area contributed by atoms with E-state index in [1.807, 2.05) is 41.5 Å². The Morgan fingerprint density at radius 3 is 2.45 bits per heavy atom. The van der Waals surface area contributed by atoms with Crippen LogP contribution in [-0.4, -0.2) is 48.6 Å². The van der Waals surface area contributed by atoms with Crippen LogP contribution in [0.1, 0.15) is 85.8 Å². The molecule has 42 heavy (non-hydrogen) atoms. The Balaban J connectivity index is 1.69. The van der Waals surface area contributed by atoms with E-state index in [-0.39, 0.29) is 36.1 Å². The van der Waals surface area contributed by atoms with Crippen molar-refractivity contribution >= 4 is 23.7 Å². The van der Waals surface area contributed by atoms with Gasteiger partial charge in [0.05, 0.1) is 38.6 Å². The van der Waals surface area contributed by atoms with Crippen molar-refractivity contribution in [2.75, 3.05) is 13.7 Å². The minimum Gasteiger partial charge on any atom is -0.472 e. The lowest BCUT2D eigenvalue weighted by Gasteiger charge is -2.64. The van der Waals surface area contributed by atoms with Crippen molar-refractivity contribution in [1.29, 1.82) is 0 Å². The predicted octanol–water partition coefficient (Wildman–Crippen LogP) is 4.97. The average Bonchev–Trinajstić information content (AvgIpc) is 3.43. The van der Waals surface area contributed by atoms with Crippen LogP contribution in [-0.2, 0) is 33.4 Å². The first kappa shape index (κ1) is 30.5. The Morgan fingerprint density at radius 1 is 1.17 bits per heavy atom. The van der Waals surface area contributed by atoms with E-state index in [0.29, 0.717) is 19.3 Å². The second-order valence-corrected chi connectivity index (χ2v) is 15.0. The van der Waals surface area contributed by atoms with E-state index in [0.717, 1.165) is 16.7 Å². The van der Waals surface area contributed by atoms with Gasteiger partial charge in [0, 0.05) is 28.2 Å². The first-order valence-electron chi connectivity index (χ1n) is 14.9. The van der Waals surface area contributed by atoms with Gasteiger partial charge in [-0.05, 0) is 47.6 Å². The number of hydrogen-bond donors (Lipinski definition) is 1. The van der Waals surface area contributed by atoms with Gasteiger partial charge in [0.2, 0.25) is 0 Å². The number of methoxy groups -OCH3 is 1. The molecule has 4 aliphatic rings. The van der Waals surface area contributed by atoms with Gasteiger partial charge in [-0.3, -0.25) is 14.4 Å². The van der Waals surface area contributed by atoms with Crippen LogP contribution in [0.15, 0.2) is 34.2 Å². The Labute approximate surface area is 247 Å². The lowest BCUT2D eigenvalue weighted by molar-refractivity contribution is -0.202. The molecule has 1 aromatic rings. The fourth-order valence-electron chi connectivity index (χ4n) is 9.05. The molecular formula is C33H44O9. The van der Waals surface area contributed by atoms with Crippen molar-refractivity contribution in [1.82, 2.24) is 0 Å². The average molecular weight is 585 g/mol. The number of aliphatic hydroxyl groups excluding tert-OH is 1. The monoisotopic (exact) mass is 584 g/mol. The minimum atomic E-state index is -1.63.